The van der Waals surface area contributed by atoms with Gasteiger partial charge in [-0.05, 0) is 28.3 Å². The molecule has 4 nitrogen and oxygen atoms in total. The Morgan fingerprint density at radius 2 is 1.17 bits per heavy atom. The first kappa shape index (κ1) is 19.1. The summed E-state index contributed by atoms with van der Waals surface area (Å²) in [5, 5.41) is 13.9. The first-order chi connectivity index (χ1) is 14.4. The lowest BCUT2D eigenvalue weighted by atomic mass is 9.77. The summed E-state index contributed by atoms with van der Waals surface area (Å²) in [6, 6.07) is 31.3. The number of hydrogen-bond donors (Lipinski definition) is 0. The number of aromatic nitrogens is 4. The molecule has 0 bridgehead atoms. The first-order valence-electron chi connectivity index (χ1n) is 10.3. The molecule has 3 aromatic carbocycles. The van der Waals surface area contributed by atoms with Gasteiger partial charge in [0.05, 0.1) is 0 Å². The Hall–Kier alpha value is -3.27. The van der Waals surface area contributed by atoms with Crippen molar-refractivity contribution in [3.05, 3.63) is 114 Å². The van der Waals surface area contributed by atoms with Crippen LogP contribution in [0.1, 0.15) is 48.7 Å². The highest BCUT2D eigenvalue weighted by molar-refractivity contribution is 5.49. The van der Waals surface area contributed by atoms with Crippen LogP contribution < -0.4 is 0 Å². The minimum absolute atomic E-state index is 0.681. The van der Waals surface area contributed by atoms with E-state index < -0.39 is 5.54 Å². The highest BCUT2D eigenvalue weighted by Gasteiger charge is 2.41. The van der Waals surface area contributed by atoms with Gasteiger partial charge in [0, 0.05) is 6.42 Å². The van der Waals surface area contributed by atoms with Crippen LogP contribution in [0.2, 0.25) is 0 Å². The van der Waals surface area contributed by atoms with E-state index in [0.29, 0.717) is 0 Å². The van der Waals surface area contributed by atoms with Crippen LogP contribution in [-0.2, 0) is 12.0 Å². The van der Waals surface area contributed by atoms with E-state index in [4.69, 9.17) is 5.10 Å². The quantitative estimate of drug-likeness (QED) is 0.309. The molecule has 0 atom stereocenters. The van der Waals surface area contributed by atoms with Gasteiger partial charge in [-0.25, -0.2) is 0 Å². The van der Waals surface area contributed by atoms with Crippen molar-refractivity contribution in [3.8, 4) is 0 Å². The van der Waals surface area contributed by atoms with E-state index in [-0.39, 0.29) is 0 Å². The summed E-state index contributed by atoms with van der Waals surface area (Å²) in [5.74, 6) is 0.797. The van der Waals surface area contributed by atoms with Gasteiger partial charge in [0.1, 0.15) is 0 Å². The molecule has 0 spiro atoms. The number of hydrogen-bond acceptors (Lipinski definition) is 3. The van der Waals surface area contributed by atoms with Crippen LogP contribution in [0, 0.1) is 0 Å². The summed E-state index contributed by atoms with van der Waals surface area (Å²) in [7, 11) is 0. The second-order valence-electron chi connectivity index (χ2n) is 7.26. The molecule has 29 heavy (non-hydrogen) atoms. The predicted molar refractivity (Wildman–Crippen MR) is 116 cm³/mol. The fourth-order valence-corrected chi connectivity index (χ4v) is 3.90. The lowest BCUT2D eigenvalue weighted by molar-refractivity contribution is 0.394. The fraction of sp³-hybridized carbons (Fsp3) is 0.240. The molecule has 0 saturated carbocycles. The molecule has 0 amide bonds. The molecule has 4 heteroatoms. The Morgan fingerprint density at radius 3 is 1.62 bits per heavy atom. The molecular formula is C25H26N4. The normalized spacial score (nSPS) is 11.5. The van der Waals surface area contributed by atoms with Crippen LogP contribution in [0.5, 0.6) is 0 Å². The average molecular weight is 383 g/mol. The largest absolute Gasteiger partial charge is 0.174 e. The van der Waals surface area contributed by atoms with Crippen LogP contribution >= 0.6 is 0 Å². The zero-order valence-electron chi connectivity index (χ0n) is 16.8. The lowest BCUT2D eigenvalue weighted by Gasteiger charge is -2.34. The number of benzene rings is 3. The van der Waals surface area contributed by atoms with E-state index in [2.05, 4.69) is 90.0 Å². The highest BCUT2D eigenvalue weighted by atomic mass is 15.6. The van der Waals surface area contributed by atoms with Crippen LogP contribution in [0.15, 0.2) is 91.0 Å². The van der Waals surface area contributed by atoms with Gasteiger partial charge < -0.3 is 0 Å². The molecule has 1 heterocycles. The first-order valence-corrected chi connectivity index (χ1v) is 10.3. The van der Waals surface area contributed by atoms with E-state index in [1.807, 2.05) is 18.2 Å². The Morgan fingerprint density at radius 1 is 0.690 bits per heavy atom. The van der Waals surface area contributed by atoms with Gasteiger partial charge >= 0.3 is 0 Å². The van der Waals surface area contributed by atoms with Gasteiger partial charge in [-0.3, -0.25) is 0 Å². The Balaban J connectivity index is 1.94. The molecule has 0 aliphatic carbocycles. The van der Waals surface area contributed by atoms with Gasteiger partial charge in [-0.15, -0.1) is 15.0 Å². The minimum atomic E-state index is -0.681. The molecule has 1 aromatic heterocycles. The van der Waals surface area contributed by atoms with E-state index in [0.717, 1.165) is 35.4 Å². The number of tetrazole rings is 1. The van der Waals surface area contributed by atoms with Gasteiger partial charge in [0.25, 0.3) is 0 Å². The molecule has 146 valence electrons. The van der Waals surface area contributed by atoms with E-state index in [1.54, 1.807) is 4.80 Å². The van der Waals surface area contributed by atoms with Crippen molar-refractivity contribution in [2.24, 2.45) is 0 Å². The molecule has 0 aliphatic heterocycles. The smallest absolute Gasteiger partial charge is 0.144 e. The van der Waals surface area contributed by atoms with Gasteiger partial charge in [-0.2, -0.15) is 0 Å². The standard InChI is InChI=1S/C25H26N4/c1-2-3-7-20-24-26-28-29(27-24)25(21-14-8-4-9-15-21,22-16-10-5-11-17-22)23-18-12-6-13-19-23/h4-6,8-19H,2-3,7,20H2,1H3. The third kappa shape index (κ3) is 3.70. The lowest BCUT2D eigenvalue weighted by Crippen LogP contribution is -2.39. The van der Waals surface area contributed by atoms with Crippen molar-refractivity contribution in [1.82, 2.24) is 20.2 Å². The number of nitrogens with zero attached hydrogens (tertiary/aromatic N) is 4. The molecule has 0 unspecified atom stereocenters. The molecule has 0 radical (unpaired) electrons. The van der Waals surface area contributed by atoms with Crippen LogP contribution in [0.4, 0.5) is 0 Å². The topological polar surface area (TPSA) is 43.6 Å². The monoisotopic (exact) mass is 382 g/mol. The van der Waals surface area contributed by atoms with Crippen molar-refractivity contribution >= 4 is 0 Å². The van der Waals surface area contributed by atoms with Crippen LogP contribution in [-0.4, -0.2) is 20.2 Å². The molecular weight excluding hydrogens is 356 g/mol. The summed E-state index contributed by atoms with van der Waals surface area (Å²) >= 11 is 0. The third-order valence-electron chi connectivity index (χ3n) is 5.33. The maximum absolute atomic E-state index is 4.88. The predicted octanol–water partition coefficient (Wildman–Crippen LogP) is 5.25. The highest BCUT2D eigenvalue weighted by Crippen LogP contribution is 2.39. The van der Waals surface area contributed by atoms with Gasteiger partial charge in [0.15, 0.2) is 11.4 Å². The van der Waals surface area contributed by atoms with E-state index >= 15 is 0 Å². The summed E-state index contributed by atoms with van der Waals surface area (Å²) in [4.78, 5) is 1.80. The van der Waals surface area contributed by atoms with Gasteiger partial charge in [-0.1, -0.05) is 111 Å². The molecule has 4 rings (SSSR count). The maximum Gasteiger partial charge on any atom is 0.174 e. The summed E-state index contributed by atoms with van der Waals surface area (Å²) in [6.07, 6.45) is 4.28. The molecule has 4 aromatic rings. The summed E-state index contributed by atoms with van der Waals surface area (Å²) < 4.78 is 0. The summed E-state index contributed by atoms with van der Waals surface area (Å²) in [5.41, 5.74) is 2.64. The Bertz CT molecular complexity index is 914. The SMILES string of the molecule is CCCCCc1nnn(C(c2ccccc2)(c2ccccc2)c2ccccc2)n1. The molecule has 0 aliphatic rings. The number of unbranched alkanes of at least 4 members (excludes halogenated alkanes) is 2. The Kier molecular flexibility index (Phi) is 5.80. The van der Waals surface area contributed by atoms with E-state index in [1.165, 1.54) is 12.8 Å². The zero-order valence-corrected chi connectivity index (χ0v) is 16.8. The van der Waals surface area contributed by atoms with Crippen molar-refractivity contribution in [3.63, 3.8) is 0 Å². The van der Waals surface area contributed by atoms with Crippen molar-refractivity contribution in [1.29, 1.82) is 0 Å². The zero-order chi connectivity index (χ0) is 19.9. The molecule has 0 saturated heterocycles. The van der Waals surface area contributed by atoms with Crippen LogP contribution in [0.3, 0.4) is 0 Å². The van der Waals surface area contributed by atoms with Crippen LogP contribution in [0.25, 0.3) is 0 Å². The number of rotatable bonds is 8. The van der Waals surface area contributed by atoms with E-state index in [9.17, 15) is 0 Å². The Labute approximate surface area is 172 Å². The van der Waals surface area contributed by atoms with Crippen molar-refractivity contribution < 1.29 is 0 Å². The van der Waals surface area contributed by atoms with Crippen molar-refractivity contribution in [2.75, 3.05) is 0 Å². The molecule has 0 N–H and O–H groups in total. The van der Waals surface area contributed by atoms with Crippen molar-refractivity contribution in [2.45, 2.75) is 38.1 Å². The molecule has 0 fully saturated rings. The minimum Gasteiger partial charge on any atom is -0.144 e. The fourth-order valence-electron chi connectivity index (χ4n) is 3.90. The van der Waals surface area contributed by atoms with Gasteiger partial charge in [0.2, 0.25) is 0 Å². The third-order valence-corrected chi connectivity index (χ3v) is 5.33. The average Bonchev–Trinajstić information content (AvgIpc) is 3.26. The summed E-state index contributed by atoms with van der Waals surface area (Å²) in [6.45, 7) is 2.20. The number of aryl methyl sites for hydroxylation is 1. The second-order valence-corrected chi connectivity index (χ2v) is 7.26. The maximum atomic E-state index is 4.88. The second kappa shape index (κ2) is 8.82.